The van der Waals surface area contributed by atoms with Crippen molar-refractivity contribution < 1.29 is 9.18 Å². The zero-order valence-corrected chi connectivity index (χ0v) is 20.8. The first-order valence-corrected chi connectivity index (χ1v) is 12.8. The number of benzene rings is 1. The molecule has 1 aliphatic heterocycles. The van der Waals surface area contributed by atoms with Gasteiger partial charge in [-0.1, -0.05) is 18.6 Å². The molecule has 0 spiro atoms. The van der Waals surface area contributed by atoms with E-state index in [4.69, 9.17) is 4.98 Å². The van der Waals surface area contributed by atoms with E-state index in [1.54, 1.807) is 22.6 Å². The van der Waals surface area contributed by atoms with Gasteiger partial charge in [-0.15, -0.1) is 11.3 Å². The Morgan fingerprint density at radius 1 is 1.26 bits per heavy atom. The lowest BCUT2D eigenvalue weighted by Gasteiger charge is -2.16. The third-order valence-corrected chi connectivity index (χ3v) is 7.82. The zero-order chi connectivity index (χ0) is 24.5. The Morgan fingerprint density at radius 3 is 2.94 bits per heavy atom. The summed E-state index contributed by atoms with van der Waals surface area (Å²) >= 11 is 1.32. The maximum atomic E-state index is 13.5. The summed E-state index contributed by atoms with van der Waals surface area (Å²) in [6.07, 6.45) is 5.39. The number of fused-ring (bicyclic) bond motifs is 2. The molecule has 9 heteroatoms. The van der Waals surface area contributed by atoms with Crippen LogP contribution in [0.1, 0.15) is 52.4 Å². The lowest BCUT2D eigenvalue weighted by atomic mass is 10.1. The molecule has 0 fully saturated rings. The normalized spacial score (nSPS) is 13.6. The van der Waals surface area contributed by atoms with Crippen LogP contribution in [0.5, 0.6) is 0 Å². The smallest absolute Gasteiger partial charge is 0.264 e. The monoisotopic (exact) mass is 493 g/mol. The molecule has 0 bridgehead atoms. The molecule has 4 aromatic rings. The Labute approximate surface area is 206 Å². The molecule has 1 aliphatic rings. The van der Waals surface area contributed by atoms with Gasteiger partial charge >= 0.3 is 0 Å². The number of aromatic amines is 1. The van der Waals surface area contributed by atoms with Crippen molar-refractivity contribution in [2.24, 2.45) is 0 Å². The molecule has 0 unspecified atom stereocenters. The van der Waals surface area contributed by atoms with E-state index in [0.29, 0.717) is 40.3 Å². The lowest BCUT2D eigenvalue weighted by Crippen LogP contribution is -2.28. The SMILES string of the molecule is Cc1c(C(=O)N(C)CCCc2cc(-c3cccc(F)c3)n[nH]2)sc2nc3n(c(=O)c12)CCCCC3. The molecule has 1 N–H and O–H groups in total. The number of rotatable bonds is 6. The summed E-state index contributed by atoms with van der Waals surface area (Å²) in [5.74, 6) is 0.457. The number of carbonyl (C=O) groups is 1. The third kappa shape index (κ3) is 4.65. The molecule has 7 nitrogen and oxygen atoms in total. The quantitative estimate of drug-likeness (QED) is 0.421. The fourth-order valence-electron chi connectivity index (χ4n) is 4.68. The van der Waals surface area contributed by atoms with Crippen LogP contribution < -0.4 is 5.56 Å². The number of H-pyrrole nitrogens is 1. The van der Waals surface area contributed by atoms with Crippen LogP contribution in [0.25, 0.3) is 21.5 Å². The summed E-state index contributed by atoms with van der Waals surface area (Å²) in [5, 5.41) is 7.87. The second kappa shape index (κ2) is 9.73. The van der Waals surface area contributed by atoms with Gasteiger partial charge in [0.15, 0.2) is 0 Å². The lowest BCUT2D eigenvalue weighted by molar-refractivity contribution is 0.0797. The second-order valence-corrected chi connectivity index (χ2v) is 10.1. The number of hydrogen-bond acceptors (Lipinski definition) is 5. The summed E-state index contributed by atoms with van der Waals surface area (Å²) in [7, 11) is 1.78. The molecule has 3 aromatic heterocycles. The van der Waals surface area contributed by atoms with Crippen molar-refractivity contribution in [2.75, 3.05) is 13.6 Å². The number of hydrogen-bond donors (Lipinski definition) is 1. The van der Waals surface area contributed by atoms with Crippen molar-refractivity contribution in [3.63, 3.8) is 0 Å². The van der Waals surface area contributed by atoms with Gasteiger partial charge in [0.1, 0.15) is 16.5 Å². The van der Waals surface area contributed by atoms with E-state index in [1.807, 2.05) is 19.1 Å². The fourth-order valence-corrected chi connectivity index (χ4v) is 5.87. The Hall–Kier alpha value is -3.33. The number of thiophene rings is 1. The van der Waals surface area contributed by atoms with Crippen LogP contribution in [-0.2, 0) is 19.4 Å². The number of nitrogens with zero attached hydrogens (tertiary/aromatic N) is 4. The second-order valence-electron chi connectivity index (χ2n) is 9.15. The van der Waals surface area contributed by atoms with Crippen LogP contribution >= 0.6 is 11.3 Å². The first-order valence-electron chi connectivity index (χ1n) is 12.0. The Morgan fingerprint density at radius 2 is 2.11 bits per heavy atom. The summed E-state index contributed by atoms with van der Waals surface area (Å²) in [6, 6.07) is 8.26. The van der Waals surface area contributed by atoms with Crippen LogP contribution in [0.3, 0.4) is 0 Å². The standard InChI is InChI=1S/C26H28FN5O2S/c1-16-22-24(28-21-11-4-3-5-13-32(21)25(22)33)35-23(16)26(34)31(2)12-7-10-19-15-20(30-29-19)17-8-6-9-18(27)14-17/h6,8-9,14-15H,3-5,7,10-13H2,1-2H3,(H,29,30). The number of aromatic nitrogens is 4. The largest absolute Gasteiger partial charge is 0.341 e. The molecule has 1 aromatic carbocycles. The van der Waals surface area contributed by atoms with Gasteiger partial charge in [0.05, 0.1) is 16.0 Å². The van der Waals surface area contributed by atoms with Crippen LogP contribution in [-0.4, -0.2) is 44.1 Å². The summed E-state index contributed by atoms with van der Waals surface area (Å²) in [6.45, 7) is 3.11. The number of nitrogens with one attached hydrogen (secondary N) is 1. The van der Waals surface area contributed by atoms with Crippen LogP contribution in [0.15, 0.2) is 35.1 Å². The number of carbonyl (C=O) groups excluding carboxylic acids is 1. The van der Waals surface area contributed by atoms with Gasteiger partial charge in [0.25, 0.3) is 11.5 Å². The molecule has 0 saturated heterocycles. The molecule has 0 atom stereocenters. The highest BCUT2D eigenvalue weighted by Gasteiger charge is 2.24. The average molecular weight is 494 g/mol. The van der Waals surface area contributed by atoms with Crippen molar-refractivity contribution in [3.05, 3.63) is 68.5 Å². The fraction of sp³-hybridized carbons (Fsp3) is 0.385. The molecule has 35 heavy (non-hydrogen) atoms. The molecular weight excluding hydrogens is 465 g/mol. The first-order chi connectivity index (χ1) is 16.9. The summed E-state index contributed by atoms with van der Waals surface area (Å²) < 4.78 is 15.3. The number of halogens is 1. The van der Waals surface area contributed by atoms with E-state index in [9.17, 15) is 14.0 Å². The van der Waals surface area contributed by atoms with Crippen molar-refractivity contribution in [2.45, 2.75) is 52.0 Å². The predicted octanol–water partition coefficient (Wildman–Crippen LogP) is 4.73. The minimum atomic E-state index is -0.294. The van der Waals surface area contributed by atoms with Crippen LogP contribution in [0, 0.1) is 12.7 Å². The predicted molar refractivity (Wildman–Crippen MR) is 135 cm³/mol. The van der Waals surface area contributed by atoms with Crippen molar-refractivity contribution >= 4 is 27.5 Å². The molecule has 182 valence electrons. The van der Waals surface area contributed by atoms with E-state index in [1.165, 1.54) is 23.5 Å². The topological polar surface area (TPSA) is 83.9 Å². The minimum absolute atomic E-state index is 0.0179. The van der Waals surface area contributed by atoms with Gasteiger partial charge in [0, 0.05) is 37.8 Å². The minimum Gasteiger partial charge on any atom is -0.341 e. The Balaban J connectivity index is 1.27. The molecule has 5 rings (SSSR count). The molecule has 4 heterocycles. The van der Waals surface area contributed by atoms with Crippen molar-refractivity contribution in [1.82, 2.24) is 24.6 Å². The summed E-state index contributed by atoms with van der Waals surface area (Å²) in [5.41, 5.74) is 3.06. The number of amides is 1. The highest BCUT2D eigenvalue weighted by atomic mass is 32.1. The van der Waals surface area contributed by atoms with Gasteiger partial charge in [-0.3, -0.25) is 19.3 Å². The molecule has 0 saturated carbocycles. The van der Waals surface area contributed by atoms with Gasteiger partial charge in [0.2, 0.25) is 0 Å². The maximum Gasteiger partial charge on any atom is 0.264 e. The Kier molecular flexibility index (Phi) is 6.51. The third-order valence-electron chi connectivity index (χ3n) is 6.64. The number of aryl methyl sites for hydroxylation is 3. The van der Waals surface area contributed by atoms with E-state index >= 15 is 0 Å². The summed E-state index contributed by atoms with van der Waals surface area (Å²) in [4.78, 5) is 34.1. The zero-order valence-electron chi connectivity index (χ0n) is 19.9. The molecule has 0 radical (unpaired) electrons. The highest BCUT2D eigenvalue weighted by Crippen LogP contribution is 2.29. The van der Waals surface area contributed by atoms with Gasteiger partial charge < -0.3 is 4.90 Å². The van der Waals surface area contributed by atoms with Crippen molar-refractivity contribution in [1.29, 1.82) is 0 Å². The van der Waals surface area contributed by atoms with E-state index in [-0.39, 0.29) is 17.3 Å². The average Bonchev–Trinajstić information content (AvgIpc) is 3.36. The first kappa shape index (κ1) is 23.4. The van der Waals surface area contributed by atoms with Gasteiger partial charge in [-0.2, -0.15) is 5.10 Å². The van der Waals surface area contributed by atoms with Crippen molar-refractivity contribution in [3.8, 4) is 11.3 Å². The van der Waals surface area contributed by atoms with E-state index in [0.717, 1.165) is 54.7 Å². The van der Waals surface area contributed by atoms with Crippen LogP contribution in [0.2, 0.25) is 0 Å². The molecular formula is C26H28FN5O2S. The Bertz CT molecular complexity index is 1450. The molecule has 1 amide bonds. The maximum absolute atomic E-state index is 13.5. The van der Waals surface area contributed by atoms with Gasteiger partial charge in [-0.25, -0.2) is 9.37 Å². The van der Waals surface area contributed by atoms with Gasteiger partial charge in [-0.05, 0) is 56.4 Å². The van der Waals surface area contributed by atoms with Crippen LogP contribution in [0.4, 0.5) is 4.39 Å². The van der Waals surface area contributed by atoms with E-state index in [2.05, 4.69) is 10.2 Å². The molecule has 0 aliphatic carbocycles. The van der Waals surface area contributed by atoms with E-state index < -0.39 is 0 Å². The highest BCUT2D eigenvalue weighted by molar-refractivity contribution is 7.20.